The molecule has 2 aromatic carbocycles. The molecule has 0 radical (unpaired) electrons. The van der Waals surface area contributed by atoms with Gasteiger partial charge in [0.2, 0.25) is 0 Å². The predicted molar refractivity (Wildman–Crippen MR) is 95.4 cm³/mol. The molecule has 1 amide bonds. The Morgan fingerprint density at radius 1 is 1.15 bits per heavy atom. The van der Waals surface area contributed by atoms with Gasteiger partial charge >= 0.3 is 0 Å². The molecule has 26 heavy (non-hydrogen) atoms. The lowest BCUT2D eigenvalue weighted by Gasteiger charge is -2.07. The molecule has 3 aromatic rings. The van der Waals surface area contributed by atoms with Gasteiger partial charge in [-0.05, 0) is 17.7 Å². The van der Waals surface area contributed by atoms with Crippen LogP contribution in [0.3, 0.4) is 0 Å². The molecule has 0 fully saturated rings. The highest BCUT2D eigenvalue weighted by Gasteiger charge is 2.20. The minimum absolute atomic E-state index is 0.0538. The number of hydrogen-bond donors (Lipinski definition) is 1. The average molecular weight is 371 g/mol. The monoisotopic (exact) mass is 371 g/mol. The fraction of sp³-hybridized carbons (Fsp3) is 0.111. The smallest absolute Gasteiger partial charge is 0.268 e. The molecule has 0 aliphatic heterocycles. The molecule has 3 rings (SSSR count). The van der Waals surface area contributed by atoms with Crippen molar-refractivity contribution in [2.75, 3.05) is 7.11 Å². The summed E-state index contributed by atoms with van der Waals surface area (Å²) in [6.45, 7) is 0.483. The van der Waals surface area contributed by atoms with Gasteiger partial charge in [0.25, 0.3) is 15.9 Å². The summed E-state index contributed by atoms with van der Waals surface area (Å²) in [6.07, 6.45) is 2.84. The van der Waals surface area contributed by atoms with Crippen molar-refractivity contribution < 1.29 is 17.9 Å². The quantitative estimate of drug-likeness (QED) is 0.716. The molecule has 0 spiro atoms. The van der Waals surface area contributed by atoms with Crippen LogP contribution in [0.2, 0.25) is 0 Å². The number of ether oxygens (including phenoxy) is 1. The zero-order valence-corrected chi connectivity index (χ0v) is 14.8. The Kier molecular flexibility index (Phi) is 5.04. The minimum atomic E-state index is -4.01. The molecule has 7 nitrogen and oxygen atoms in total. The maximum Gasteiger partial charge on any atom is 0.268 e. The second-order valence-electron chi connectivity index (χ2n) is 5.53. The summed E-state index contributed by atoms with van der Waals surface area (Å²) in [5.74, 6) is -0.358. The van der Waals surface area contributed by atoms with Crippen molar-refractivity contribution in [2.45, 2.75) is 11.4 Å². The fourth-order valence-electron chi connectivity index (χ4n) is 2.35. The fourth-order valence-corrected chi connectivity index (χ4v) is 3.35. The lowest BCUT2D eigenvalue weighted by Crippen LogP contribution is -2.30. The molecule has 0 bridgehead atoms. The number of nitrogens with zero attached hydrogens (tertiary/aromatic N) is 2. The van der Waals surface area contributed by atoms with Crippen LogP contribution in [-0.2, 0) is 16.6 Å². The van der Waals surface area contributed by atoms with E-state index < -0.39 is 15.9 Å². The SMILES string of the molecule is COc1cccc(S(=O)(=O)NC(=O)c2cnn(Cc3ccccc3)c2)c1. The first kappa shape index (κ1) is 17.7. The molecular weight excluding hydrogens is 354 g/mol. The van der Waals surface area contributed by atoms with Crippen LogP contribution >= 0.6 is 0 Å². The number of benzene rings is 2. The van der Waals surface area contributed by atoms with E-state index in [2.05, 4.69) is 5.10 Å². The summed E-state index contributed by atoms with van der Waals surface area (Å²) in [5, 5.41) is 4.10. The summed E-state index contributed by atoms with van der Waals surface area (Å²) in [7, 11) is -2.57. The van der Waals surface area contributed by atoms with E-state index in [4.69, 9.17) is 4.74 Å². The van der Waals surface area contributed by atoms with Crippen LogP contribution < -0.4 is 9.46 Å². The van der Waals surface area contributed by atoms with Crippen molar-refractivity contribution in [1.82, 2.24) is 14.5 Å². The number of hydrogen-bond acceptors (Lipinski definition) is 5. The van der Waals surface area contributed by atoms with Crippen molar-refractivity contribution >= 4 is 15.9 Å². The average Bonchev–Trinajstić information content (AvgIpc) is 3.11. The predicted octanol–water partition coefficient (Wildman–Crippen LogP) is 2.06. The third-order valence-electron chi connectivity index (χ3n) is 3.66. The normalized spacial score (nSPS) is 11.1. The Morgan fingerprint density at radius 2 is 1.92 bits per heavy atom. The van der Waals surface area contributed by atoms with Gasteiger partial charge < -0.3 is 4.74 Å². The topological polar surface area (TPSA) is 90.3 Å². The molecule has 1 aromatic heterocycles. The molecule has 0 atom stereocenters. The first-order valence-electron chi connectivity index (χ1n) is 7.75. The van der Waals surface area contributed by atoms with E-state index in [1.54, 1.807) is 10.7 Å². The van der Waals surface area contributed by atoms with Crippen LogP contribution in [-0.4, -0.2) is 31.2 Å². The first-order valence-corrected chi connectivity index (χ1v) is 9.24. The summed E-state index contributed by atoms with van der Waals surface area (Å²) in [5.41, 5.74) is 1.18. The van der Waals surface area contributed by atoms with E-state index in [0.29, 0.717) is 12.3 Å². The van der Waals surface area contributed by atoms with Crippen LogP contribution in [0.1, 0.15) is 15.9 Å². The van der Waals surface area contributed by atoms with Crippen molar-refractivity contribution in [3.63, 3.8) is 0 Å². The summed E-state index contributed by atoms with van der Waals surface area (Å²) < 4.78 is 33.4. The number of carbonyl (C=O) groups excluding carboxylic acids is 1. The number of carbonyl (C=O) groups is 1. The molecule has 0 unspecified atom stereocenters. The Labute approximate surface area is 151 Å². The van der Waals surface area contributed by atoms with E-state index in [0.717, 1.165) is 5.56 Å². The molecule has 0 saturated carbocycles. The van der Waals surface area contributed by atoms with Crippen molar-refractivity contribution in [3.8, 4) is 5.75 Å². The van der Waals surface area contributed by atoms with Crippen LogP contribution in [0.15, 0.2) is 71.9 Å². The Balaban J connectivity index is 1.73. The molecule has 1 N–H and O–H groups in total. The maximum absolute atomic E-state index is 12.4. The van der Waals surface area contributed by atoms with Gasteiger partial charge in [0.1, 0.15) is 5.75 Å². The van der Waals surface area contributed by atoms with Crippen LogP contribution in [0.5, 0.6) is 5.75 Å². The summed E-state index contributed by atoms with van der Waals surface area (Å²) in [6, 6.07) is 15.5. The van der Waals surface area contributed by atoms with E-state index in [9.17, 15) is 13.2 Å². The van der Waals surface area contributed by atoms with Gasteiger partial charge in [-0.15, -0.1) is 0 Å². The molecular formula is C18H17N3O4S. The standard InChI is InChI=1S/C18H17N3O4S/c1-25-16-8-5-9-17(10-16)26(23,24)20-18(22)15-11-19-21(13-15)12-14-6-3-2-4-7-14/h2-11,13H,12H2,1H3,(H,20,22). The maximum atomic E-state index is 12.4. The highest BCUT2D eigenvalue weighted by Crippen LogP contribution is 2.17. The third-order valence-corrected chi connectivity index (χ3v) is 4.99. The van der Waals surface area contributed by atoms with Crippen molar-refractivity contribution in [2.24, 2.45) is 0 Å². The minimum Gasteiger partial charge on any atom is -0.497 e. The van der Waals surface area contributed by atoms with Gasteiger partial charge in [0, 0.05) is 12.3 Å². The number of rotatable bonds is 6. The summed E-state index contributed by atoms with van der Waals surface area (Å²) in [4.78, 5) is 12.2. The van der Waals surface area contributed by atoms with Gasteiger partial charge in [-0.1, -0.05) is 36.4 Å². The van der Waals surface area contributed by atoms with Gasteiger partial charge in [-0.3, -0.25) is 9.48 Å². The zero-order chi connectivity index (χ0) is 18.6. The number of sulfonamides is 1. The molecule has 1 heterocycles. The largest absolute Gasteiger partial charge is 0.497 e. The first-order chi connectivity index (χ1) is 12.5. The molecule has 0 aliphatic rings. The van der Waals surface area contributed by atoms with Crippen LogP contribution in [0, 0.1) is 0 Å². The Bertz CT molecular complexity index is 1010. The Hall–Kier alpha value is -3.13. The molecule has 8 heteroatoms. The highest BCUT2D eigenvalue weighted by atomic mass is 32.2. The second kappa shape index (κ2) is 7.40. The summed E-state index contributed by atoms with van der Waals surface area (Å²) >= 11 is 0. The number of aromatic nitrogens is 2. The Morgan fingerprint density at radius 3 is 2.65 bits per heavy atom. The van der Waals surface area contributed by atoms with Gasteiger partial charge in [-0.25, -0.2) is 13.1 Å². The molecule has 0 saturated heterocycles. The van der Waals surface area contributed by atoms with E-state index in [1.807, 2.05) is 35.1 Å². The van der Waals surface area contributed by atoms with E-state index >= 15 is 0 Å². The van der Waals surface area contributed by atoms with Gasteiger partial charge in [0.05, 0.1) is 30.3 Å². The second-order valence-corrected chi connectivity index (χ2v) is 7.21. The lowest BCUT2D eigenvalue weighted by atomic mass is 10.2. The highest BCUT2D eigenvalue weighted by molar-refractivity contribution is 7.90. The van der Waals surface area contributed by atoms with Crippen LogP contribution in [0.4, 0.5) is 0 Å². The van der Waals surface area contributed by atoms with Crippen molar-refractivity contribution in [1.29, 1.82) is 0 Å². The van der Waals surface area contributed by atoms with E-state index in [1.165, 1.54) is 37.7 Å². The van der Waals surface area contributed by atoms with Gasteiger partial charge in [-0.2, -0.15) is 5.10 Å². The van der Waals surface area contributed by atoms with E-state index in [-0.39, 0.29) is 10.5 Å². The van der Waals surface area contributed by atoms with Crippen LogP contribution in [0.25, 0.3) is 0 Å². The number of methoxy groups -OCH3 is 1. The molecule has 0 aliphatic carbocycles. The third kappa shape index (κ3) is 4.09. The zero-order valence-electron chi connectivity index (χ0n) is 14.0. The lowest BCUT2D eigenvalue weighted by molar-refractivity contribution is 0.0981. The molecule has 134 valence electrons. The van der Waals surface area contributed by atoms with Crippen molar-refractivity contribution in [3.05, 3.63) is 78.1 Å². The number of amides is 1. The number of nitrogens with one attached hydrogen (secondary N) is 1. The van der Waals surface area contributed by atoms with Gasteiger partial charge in [0.15, 0.2) is 0 Å².